The lowest BCUT2D eigenvalue weighted by Gasteiger charge is -2.24. The zero-order valence-electron chi connectivity index (χ0n) is 11.3. The zero-order valence-corrected chi connectivity index (χ0v) is 11.3. The Morgan fingerprint density at radius 1 is 1.29 bits per heavy atom. The third kappa shape index (κ3) is 2.06. The summed E-state index contributed by atoms with van der Waals surface area (Å²) in [5.74, 6) is 0.954. The smallest absolute Gasteiger partial charge is 0.257 e. The molecule has 1 aliphatic heterocycles. The van der Waals surface area contributed by atoms with Crippen molar-refractivity contribution >= 4 is 11.6 Å². The first-order valence-corrected chi connectivity index (χ1v) is 6.90. The van der Waals surface area contributed by atoms with Crippen LogP contribution in [0.2, 0.25) is 0 Å². The van der Waals surface area contributed by atoms with E-state index in [0.29, 0.717) is 11.2 Å². The molecule has 106 valence electrons. The molecule has 4 rings (SSSR count). The van der Waals surface area contributed by atoms with Crippen LogP contribution in [0.25, 0.3) is 5.65 Å². The van der Waals surface area contributed by atoms with Crippen molar-refractivity contribution in [2.45, 2.75) is 25.4 Å². The van der Waals surface area contributed by atoms with Gasteiger partial charge in [-0.15, -0.1) is 0 Å². The molecule has 1 N–H and O–H groups in total. The van der Waals surface area contributed by atoms with Crippen LogP contribution >= 0.6 is 0 Å². The number of rotatable bonds is 2. The molecule has 7 heteroatoms. The van der Waals surface area contributed by atoms with Crippen LogP contribution in [0.1, 0.15) is 22.6 Å². The highest BCUT2D eigenvalue weighted by molar-refractivity contribution is 5.99. The summed E-state index contributed by atoms with van der Waals surface area (Å²) in [7, 11) is 0. The van der Waals surface area contributed by atoms with Crippen molar-refractivity contribution in [3.63, 3.8) is 0 Å². The average molecular weight is 282 g/mol. The van der Waals surface area contributed by atoms with Crippen LogP contribution in [-0.4, -0.2) is 36.1 Å². The second kappa shape index (κ2) is 4.69. The fraction of sp³-hybridized carbons (Fsp3) is 0.286. The lowest BCUT2D eigenvalue weighted by molar-refractivity contribution is 0.0929. The minimum Gasteiger partial charge on any atom is -0.347 e. The molecule has 0 radical (unpaired) electrons. The van der Waals surface area contributed by atoms with Gasteiger partial charge in [-0.3, -0.25) is 4.79 Å². The molecule has 7 nitrogen and oxygen atoms in total. The summed E-state index contributed by atoms with van der Waals surface area (Å²) in [6, 6.07) is 1.89. The first-order chi connectivity index (χ1) is 10.3. The number of amides is 1. The van der Waals surface area contributed by atoms with E-state index in [1.54, 1.807) is 35.4 Å². The van der Waals surface area contributed by atoms with Crippen LogP contribution in [-0.2, 0) is 13.0 Å². The molecule has 1 atom stereocenters. The summed E-state index contributed by atoms with van der Waals surface area (Å²) in [5, 5.41) is 7.20. The molecule has 0 fully saturated rings. The van der Waals surface area contributed by atoms with Gasteiger partial charge < -0.3 is 9.88 Å². The molecule has 0 aromatic carbocycles. The number of nitrogens with zero attached hydrogens (tertiary/aromatic N) is 5. The van der Waals surface area contributed by atoms with Crippen LogP contribution in [0.5, 0.6) is 0 Å². The fourth-order valence-electron chi connectivity index (χ4n) is 2.73. The molecule has 1 aliphatic rings. The SMILES string of the molecule is O=C(N[C@H]1CCc2nccn2C1)c1cnn2cccnc12. The topological polar surface area (TPSA) is 77.1 Å². The minimum atomic E-state index is -0.128. The van der Waals surface area contributed by atoms with Gasteiger partial charge in [0.25, 0.3) is 5.91 Å². The highest BCUT2D eigenvalue weighted by Crippen LogP contribution is 2.14. The summed E-state index contributed by atoms with van der Waals surface area (Å²) in [6.07, 6.45) is 10.5. The lowest BCUT2D eigenvalue weighted by atomic mass is 10.1. The first kappa shape index (κ1) is 12.1. The standard InChI is InChI=1S/C14H14N6O/c21-14(11-8-17-20-6-1-4-16-13(11)20)18-10-2-3-12-15-5-7-19(12)9-10/h1,4-8,10H,2-3,9H2,(H,18,21)/t10-/m0/s1. The van der Waals surface area contributed by atoms with E-state index in [4.69, 9.17) is 0 Å². The predicted octanol–water partition coefficient (Wildman–Crippen LogP) is 0.671. The Kier molecular flexibility index (Phi) is 2.70. The molecule has 1 amide bonds. The van der Waals surface area contributed by atoms with Gasteiger partial charge in [-0.25, -0.2) is 14.5 Å². The summed E-state index contributed by atoms with van der Waals surface area (Å²) in [5.41, 5.74) is 1.08. The van der Waals surface area contributed by atoms with Crippen LogP contribution in [0.3, 0.4) is 0 Å². The van der Waals surface area contributed by atoms with Crippen molar-refractivity contribution in [3.05, 3.63) is 48.4 Å². The quantitative estimate of drug-likeness (QED) is 0.749. The number of fused-ring (bicyclic) bond motifs is 2. The highest BCUT2D eigenvalue weighted by Gasteiger charge is 2.22. The summed E-state index contributed by atoms with van der Waals surface area (Å²) < 4.78 is 3.69. The Labute approximate surface area is 120 Å². The van der Waals surface area contributed by atoms with E-state index in [1.165, 1.54) is 0 Å². The number of hydrogen-bond donors (Lipinski definition) is 1. The molecule has 0 unspecified atom stereocenters. The molecule has 0 bridgehead atoms. The van der Waals surface area contributed by atoms with Gasteiger partial charge in [-0.2, -0.15) is 5.10 Å². The monoisotopic (exact) mass is 282 g/mol. The Morgan fingerprint density at radius 2 is 2.24 bits per heavy atom. The second-order valence-corrected chi connectivity index (χ2v) is 5.15. The van der Waals surface area contributed by atoms with Crippen molar-refractivity contribution in [2.75, 3.05) is 0 Å². The van der Waals surface area contributed by atoms with Gasteiger partial charge in [0.1, 0.15) is 11.4 Å². The van der Waals surface area contributed by atoms with Crippen molar-refractivity contribution in [2.24, 2.45) is 0 Å². The van der Waals surface area contributed by atoms with Gasteiger partial charge in [0.2, 0.25) is 0 Å². The Balaban J connectivity index is 1.54. The molecule has 0 saturated carbocycles. The van der Waals surface area contributed by atoms with Crippen molar-refractivity contribution in [1.82, 2.24) is 29.5 Å². The normalized spacial score (nSPS) is 17.6. The number of carbonyl (C=O) groups excluding carboxylic acids is 1. The van der Waals surface area contributed by atoms with E-state index in [2.05, 4.69) is 25.0 Å². The van der Waals surface area contributed by atoms with Gasteiger partial charge in [-0.1, -0.05) is 0 Å². The second-order valence-electron chi connectivity index (χ2n) is 5.15. The number of aryl methyl sites for hydroxylation is 1. The van der Waals surface area contributed by atoms with Crippen molar-refractivity contribution in [3.8, 4) is 0 Å². The largest absolute Gasteiger partial charge is 0.347 e. The highest BCUT2D eigenvalue weighted by atomic mass is 16.1. The Bertz CT molecular complexity index is 805. The van der Waals surface area contributed by atoms with E-state index in [1.807, 2.05) is 6.20 Å². The third-order valence-electron chi connectivity index (χ3n) is 3.79. The maximum Gasteiger partial charge on any atom is 0.257 e. The van der Waals surface area contributed by atoms with Crippen LogP contribution < -0.4 is 5.32 Å². The van der Waals surface area contributed by atoms with E-state index < -0.39 is 0 Å². The lowest BCUT2D eigenvalue weighted by Crippen LogP contribution is -2.40. The van der Waals surface area contributed by atoms with Gasteiger partial charge in [0.05, 0.1) is 6.20 Å². The van der Waals surface area contributed by atoms with Gasteiger partial charge >= 0.3 is 0 Å². The van der Waals surface area contributed by atoms with E-state index >= 15 is 0 Å². The maximum absolute atomic E-state index is 12.4. The number of carbonyl (C=O) groups is 1. The first-order valence-electron chi connectivity index (χ1n) is 6.90. The molecule has 0 aliphatic carbocycles. The summed E-state index contributed by atoms with van der Waals surface area (Å²) in [6.45, 7) is 0.758. The molecule has 0 saturated heterocycles. The summed E-state index contributed by atoms with van der Waals surface area (Å²) in [4.78, 5) is 20.9. The molecule has 21 heavy (non-hydrogen) atoms. The van der Waals surface area contributed by atoms with Gasteiger partial charge in [0, 0.05) is 43.8 Å². The van der Waals surface area contributed by atoms with Gasteiger partial charge in [-0.05, 0) is 12.5 Å². The van der Waals surface area contributed by atoms with E-state index in [9.17, 15) is 4.79 Å². The third-order valence-corrected chi connectivity index (χ3v) is 3.79. The molecule has 4 heterocycles. The summed E-state index contributed by atoms with van der Waals surface area (Å²) >= 11 is 0. The van der Waals surface area contributed by atoms with Crippen molar-refractivity contribution < 1.29 is 4.79 Å². The number of hydrogen-bond acceptors (Lipinski definition) is 4. The van der Waals surface area contributed by atoms with Crippen molar-refractivity contribution in [1.29, 1.82) is 0 Å². The fourth-order valence-corrected chi connectivity index (χ4v) is 2.73. The number of aromatic nitrogens is 5. The molecule has 3 aromatic rings. The van der Waals surface area contributed by atoms with Crippen LogP contribution in [0, 0.1) is 0 Å². The molecular weight excluding hydrogens is 268 g/mol. The minimum absolute atomic E-state index is 0.109. The predicted molar refractivity (Wildman–Crippen MR) is 74.8 cm³/mol. The average Bonchev–Trinajstić information content (AvgIpc) is 3.13. The van der Waals surface area contributed by atoms with E-state index in [-0.39, 0.29) is 11.9 Å². The van der Waals surface area contributed by atoms with Gasteiger partial charge in [0.15, 0.2) is 5.65 Å². The molecular formula is C14H14N6O. The van der Waals surface area contributed by atoms with Crippen LogP contribution in [0.4, 0.5) is 0 Å². The number of nitrogens with one attached hydrogen (secondary N) is 1. The zero-order chi connectivity index (χ0) is 14.2. The molecule has 0 spiro atoms. The maximum atomic E-state index is 12.4. The Hall–Kier alpha value is -2.70. The molecule has 3 aromatic heterocycles. The Morgan fingerprint density at radius 3 is 3.19 bits per heavy atom. The number of imidazole rings is 1. The van der Waals surface area contributed by atoms with E-state index in [0.717, 1.165) is 25.2 Å². The van der Waals surface area contributed by atoms with Crippen LogP contribution in [0.15, 0.2) is 37.1 Å².